The summed E-state index contributed by atoms with van der Waals surface area (Å²) >= 11 is 0. The number of aromatic nitrogens is 1. The summed E-state index contributed by atoms with van der Waals surface area (Å²) in [7, 11) is 0. The highest BCUT2D eigenvalue weighted by molar-refractivity contribution is 6.04. The minimum Gasteiger partial charge on any atom is -0.456 e. The van der Waals surface area contributed by atoms with Crippen molar-refractivity contribution in [1.82, 2.24) is 4.98 Å². The van der Waals surface area contributed by atoms with Gasteiger partial charge in [-0.05, 0) is 32.9 Å². The van der Waals surface area contributed by atoms with E-state index in [2.05, 4.69) is 4.98 Å². The van der Waals surface area contributed by atoms with Crippen LogP contribution in [-0.4, -0.2) is 16.6 Å². The van der Waals surface area contributed by atoms with E-state index in [0.29, 0.717) is 5.52 Å². The van der Waals surface area contributed by atoms with Crippen LogP contribution in [0.1, 0.15) is 31.1 Å². The number of rotatable bonds is 1. The lowest BCUT2D eigenvalue weighted by atomic mass is 10.1. The van der Waals surface area contributed by atoms with Gasteiger partial charge in [-0.3, -0.25) is 0 Å². The number of halogens is 1. The molecule has 0 aliphatic heterocycles. The van der Waals surface area contributed by atoms with Crippen molar-refractivity contribution in [2.45, 2.75) is 26.4 Å². The topological polar surface area (TPSA) is 42.1 Å². The van der Waals surface area contributed by atoms with E-state index in [1.807, 2.05) is 0 Å². The summed E-state index contributed by atoms with van der Waals surface area (Å²) in [4.78, 5) is 14.7. The number of esters is 1. The van der Waals surface area contributed by atoms with Gasteiger partial charge in [0, 0.05) is 17.1 Å². The van der Waals surface area contributed by atoms with E-state index < -0.39 is 17.4 Å². The van der Waals surface area contributed by atoms with Crippen molar-refractivity contribution in [3.63, 3.8) is 0 Å². The van der Waals surface area contributed by atoms with Gasteiger partial charge in [-0.2, -0.15) is 0 Å². The second-order valence-electron chi connectivity index (χ2n) is 4.87. The van der Waals surface area contributed by atoms with Crippen LogP contribution in [0, 0.1) is 5.82 Å². The van der Waals surface area contributed by atoms with Gasteiger partial charge in [0.1, 0.15) is 11.4 Å². The molecule has 2 aromatic rings. The maximum Gasteiger partial charge on any atom is 0.340 e. The Labute approximate surface area is 98.6 Å². The van der Waals surface area contributed by atoms with Gasteiger partial charge in [-0.1, -0.05) is 6.07 Å². The fourth-order valence-corrected chi connectivity index (χ4v) is 1.63. The Hall–Kier alpha value is -1.84. The predicted octanol–water partition coefficient (Wildman–Crippen LogP) is 3.26. The van der Waals surface area contributed by atoms with Crippen LogP contribution >= 0.6 is 0 Å². The number of aromatic amines is 1. The van der Waals surface area contributed by atoms with Gasteiger partial charge >= 0.3 is 5.97 Å². The Bertz CT molecular complexity index is 566. The fourth-order valence-electron chi connectivity index (χ4n) is 1.63. The number of hydrogen-bond acceptors (Lipinski definition) is 2. The Morgan fingerprint density at radius 3 is 2.71 bits per heavy atom. The van der Waals surface area contributed by atoms with Crippen molar-refractivity contribution in [2.75, 3.05) is 0 Å². The lowest BCUT2D eigenvalue weighted by Crippen LogP contribution is -2.23. The Morgan fingerprint density at radius 2 is 2.06 bits per heavy atom. The second kappa shape index (κ2) is 3.87. The quantitative estimate of drug-likeness (QED) is 0.771. The van der Waals surface area contributed by atoms with Crippen LogP contribution in [0.3, 0.4) is 0 Å². The third kappa shape index (κ3) is 2.30. The predicted molar refractivity (Wildman–Crippen MR) is 63.4 cm³/mol. The summed E-state index contributed by atoms with van der Waals surface area (Å²) in [6, 6.07) is 4.63. The molecular weight excluding hydrogens is 221 g/mol. The summed E-state index contributed by atoms with van der Waals surface area (Å²) < 4.78 is 18.9. The summed E-state index contributed by atoms with van der Waals surface area (Å²) in [5.74, 6) is -0.946. The number of nitrogens with one attached hydrogen (secondary N) is 1. The van der Waals surface area contributed by atoms with Crippen LogP contribution in [0.4, 0.5) is 4.39 Å². The van der Waals surface area contributed by atoms with Gasteiger partial charge in [0.05, 0.1) is 5.56 Å². The van der Waals surface area contributed by atoms with Crippen LogP contribution < -0.4 is 0 Å². The van der Waals surface area contributed by atoms with Crippen molar-refractivity contribution in [3.8, 4) is 0 Å². The van der Waals surface area contributed by atoms with E-state index in [9.17, 15) is 9.18 Å². The average molecular weight is 235 g/mol. The summed E-state index contributed by atoms with van der Waals surface area (Å²) in [5, 5.41) is 0.279. The molecule has 3 nitrogen and oxygen atoms in total. The Balaban J connectivity index is 2.46. The van der Waals surface area contributed by atoms with Gasteiger partial charge < -0.3 is 9.72 Å². The molecule has 0 saturated carbocycles. The van der Waals surface area contributed by atoms with Crippen molar-refractivity contribution in [3.05, 3.63) is 35.8 Å². The SMILES string of the molecule is CC(C)(C)OC(=O)c1c[nH]c2cccc(F)c12. The highest BCUT2D eigenvalue weighted by Crippen LogP contribution is 2.23. The first-order chi connectivity index (χ1) is 7.88. The smallest absolute Gasteiger partial charge is 0.340 e. The van der Waals surface area contributed by atoms with Crippen molar-refractivity contribution < 1.29 is 13.9 Å². The number of benzene rings is 1. The molecular formula is C13H14FNO2. The van der Waals surface area contributed by atoms with Gasteiger partial charge in [0.15, 0.2) is 0 Å². The molecule has 2 rings (SSSR count). The van der Waals surface area contributed by atoms with Crippen LogP contribution in [0.2, 0.25) is 0 Å². The molecule has 0 amide bonds. The molecule has 1 aromatic carbocycles. The number of H-pyrrole nitrogens is 1. The zero-order valence-corrected chi connectivity index (χ0v) is 10.0. The molecule has 90 valence electrons. The lowest BCUT2D eigenvalue weighted by molar-refractivity contribution is 0.00716. The van der Waals surface area contributed by atoms with E-state index in [1.54, 1.807) is 32.9 Å². The standard InChI is InChI=1S/C13H14FNO2/c1-13(2,3)17-12(16)8-7-15-10-6-4-5-9(14)11(8)10/h4-7,15H,1-3H3. The number of carbonyl (C=O) groups excluding carboxylic acids is 1. The number of ether oxygens (including phenoxy) is 1. The molecule has 4 heteroatoms. The monoisotopic (exact) mass is 235 g/mol. The van der Waals surface area contributed by atoms with Gasteiger partial charge in [-0.15, -0.1) is 0 Å². The van der Waals surface area contributed by atoms with E-state index in [0.717, 1.165) is 0 Å². The number of carbonyl (C=O) groups is 1. The minimum atomic E-state index is -0.591. The highest BCUT2D eigenvalue weighted by Gasteiger charge is 2.21. The molecule has 0 spiro atoms. The molecule has 1 N–H and O–H groups in total. The molecule has 0 atom stereocenters. The second-order valence-corrected chi connectivity index (χ2v) is 4.87. The third-order valence-electron chi connectivity index (χ3n) is 2.27. The third-order valence-corrected chi connectivity index (χ3v) is 2.27. The van der Waals surface area contributed by atoms with Crippen molar-refractivity contribution in [1.29, 1.82) is 0 Å². The van der Waals surface area contributed by atoms with Crippen LogP contribution in [0.15, 0.2) is 24.4 Å². The van der Waals surface area contributed by atoms with Crippen molar-refractivity contribution in [2.24, 2.45) is 0 Å². The normalized spacial score (nSPS) is 11.8. The lowest BCUT2D eigenvalue weighted by Gasteiger charge is -2.19. The number of hydrogen-bond donors (Lipinski definition) is 1. The summed E-state index contributed by atoms with van der Waals surface area (Å²) in [5.41, 5.74) is 0.227. The maximum atomic E-state index is 13.6. The molecule has 0 unspecified atom stereocenters. The first-order valence-electron chi connectivity index (χ1n) is 5.37. The van der Waals surface area contributed by atoms with Gasteiger partial charge in [-0.25, -0.2) is 9.18 Å². The van der Waals surface area contributed by atoms with Crippen LogP contribution in [-0.2, 0) is 4.74 Å². The van der Waals surface area contributed by atoms with Gasteiger partial charge in [0.25, 0.3) is 0 Å². The average Bonchev–Trinajstić information content (AvgIpc) is 2.60. The largest absolute Gasteiger partial charge is 0.456 e. The Morgan fingerprint density at radius 1 is 1.35 bits per heavy atom. The zero-order valence-electron chi connectivity index (χ0n) is 10.0. The highest BCUT2D eigenvalue weighted by atomic mass is 19.1. The molecule has 0 aliphatic carbocycles. The minimum absolute atomic E-state index is 0.230. The fraction of sp³-hybridized carbons (Fsp3) is 0.308. The maximum absolute atomic E-state index is 13.6. The van der Waals surface area contributed by atoms with E-state index in [1.165, 1.54) is 12.3 Å². The zero-order chi connectivity index (χ0) is 12.6. The molecule has 1 heterocycles. The van der Waals surface area contributed by atoms with Crippen LogP contribution in [0.5, 0.6) is 0 Å². The first-order valence-corrected chi connectivity index (χ1v) is 5.37. The van der Waals surface area contributed by atoms with E-state index in [4.69, 9.17) is 4.74 Å². The molecule has 0 saturated heterocycles. The Kier molecular flexibility index (Phi) is 2.65. The summed E-state index contributed by atoms with van der Waals surface area (Å²) in [6.45, 7) is 5.32. The molecule has 1 aromatic heterocycles. The van der Waals surface area contributed by atoms with Gasteiger partial charge in [0.2, 0.25) is 0 Å². The molecule has 0 aliphatic rings. The number of fused-ring (bicyclic) bond motifs is 1. The first kappa shape index (κ1) is 11.6. The summed E-state index contributed by atoms with van der Waals surface area (Å²) in [6.07, 6.45) is 1.47. The molecule has 0 fully saturated rings. The van der Waals surface area contributed by atoms with Crippen LogP contribution in [0.25, 0.3) is 10.9 Å². The van der Waals surface area contributed by atoms with Crippen molar-refractivity contribution >= 4 is 16.9 Å². The molecule has 0 radical (unpaired) electrons. The molecule has 0 bridgehead atoms. The molecule has 17 heavy (non-hydrogen) atoms. The van der Waals surface area contributed by atoms with E-state index in [-0.39, 0.29) is 10.9 Å². The van der Waals surface area contributed by atoms with E-state index >= 15 is 0 Å².